The first-order valence-electron chi connectivity index (χ1n) is 9.53. The number of methoxy groups -OCH3 is 1. The van der Waals surface area contributed by atoms with Crippen molar-refractivity contribution in [3.8, 4) is 5.75 Å². The number of nitrogens with one attached hydrogen (secondary N) is 1. The zero-order valence-electron chi connectivity index (χ0n) is 17.1. The van der Waals surface area contributed by atoms with Gasteiger partial charge in [0.05, 0.1) is 25.9 Å². The number of alkyl halides is 3. The molecule has 1 aliphatic rings. The predicted molar refractivity (Wildman–Crippen MR) is 112 cm³/mol. The van der Waals surface area contributed by atoms with Crippen LogP contribution >= 0.6 is 0 Å². The summed E-state index contributed by atoms with van der Waals surface area (Å²) in [5, 5.41) is 2.35. The van der Waals surface area contributed by atoms with Crippen molar-refractivity contribution in [1.29, 1.82) is 0 Å². The van der Waals surface area contributed by atoms with Crippen molar-refractivity contribution in [3.63, 3.8) is 0 Å². The number of ether oxygens (including phenoxy) is 2. The van der Waals surface area contributed by atoms with E-state index < -0.39 is 27.7 Å². The first kappa shape index (κ1) is 23.8. The van der Waals surface area contributed by atoms with Crippen molar-refractivity contribution >= 4 is 27.7 Å². The maximum absolute atomic E-state index is 13.0. The van der Waals surface area contributed by atoms with Crippen LogP contribution in [-0.2, 0) is 25.7 Å². The number of anilines is 1. The van der Waals surface area contributed by atoms with Gasteiger partial charge in [0, 0.05) is 24.9 Å². The highest BCUT2D eigenvalue weighted by Crippen LogP contribution is 2.31. The zero-order chi connectivity index (χ0) is 23.4. The first-order valence-corrected chi connectivity index (χ1v) is 11.0. The van der Waals surface area contributed by atoms with E-state index in [1.165, 1.54) is 41.8 Å². The van der Waals surface area contributed by atoms with Gasteiger partial charge in [-0.3, -0.25) is 4.79 Å². The quantitative estimate of drug-likeness (QED) is 0.655. The standard InChI is InChI=1S/C21H21F3N2O5S/c1-30-18-7-5-15(13-19(18)32(28,29)26-9-11-31-12-10-26)6-8-20(27)25-17-4-2-3-16(14-17)21(22,23)24/h2-8,13-14H,9-12H2,1H3,(H,25,27). The van der Waals surface area contributed by atoms with Gasteiger partial charge in [-0.15, -0.1) is 0 Å². The summed E-state index contributed by atoms with van der Waals surface area (Å²) in [5.41, 5.74) is -0.496. The number of benzene rings is 2. The highest BCUT2D eigenvalue weighted by atomic mass is 32.2. The summed E-state index contributed by atoms with van der Waals surface area (Å²) in [6.45, 7) is 1.00. The van der Waals surface area contributed by atoms with E-state index in [2.05, 4.69) is 5.32 Å². The molecule has 1 fully saturated rings. The Morgan fingerprint density at radius 2 is 1.88 bits per heavy atom. The Hall–Kier alpha value is -2.89. The third-order valence-electron chi connectivity index (χ3n) is 4.66. The van der Waals surface area contributed by atoms with E-state index in [9.17, 15) is 26.4 Å². The van der Waals surface area contributed by atoms with Crippen LogP contribution in [0.5, 0.6) is 5.75 Å². The first-order chi connectivity index (χ1) is 15.1. The molecular formula is C21H21F3N2O5S. The van der Waals surface area contributed by atoms with Gasteiger partial charge in [-0.2, -0.15) is 17.5 Å². The lowest BCUT2D eigenvalue weighted by Crippen LogP contribution is -2.40. The van der Waals surface area contributed by atoms with Crippen molar-refractivity contribution in [2.24, 2.45) is 0 Å². The van der Waals surface area contributed by atoms with E-state index in [0.717, 1.165) is 18.2 Å². The molecule has 0 radical (unpaired) electrons. The molecule has 1 N–H and O–H groups in total. The minimum absolute atomic E-state index is 0.0141. The topological polar surface area (TPSA) is 84.9 Å². The molecule has 1 saturated heterocycles. The van der Waals surface area contributed by atoms with Gasteiger partial charge in [0.1, 0.15) is 10.6 Å². The number of halogens is 3. The van der Waals surface area contributed by atoms with Crippen LogP contribution in [-0.4, -0.2) is 52.0 Å². The van der Waals surface area contributed by atoms with Crippen LogP contribution in [0, 0.1) is 0 Å². The summed E-state index contributed by atoms with van der Waals surface area (Å²) < 4.78 is 76.1. The van der Waals surface area contributed by atoms with E-state index in [1.807, 2.05) is 0 Å². The van der Waals surface area contributed by atoms with Gasteiger partial charge in [0.15, 0.2) is 0 Å². The van der Waals surface area contributed by atoms with Crippen LogP contribution < -0.4 is 10.1 Å². The molecule has 11 heteroatoms. The molecule has 0 atom stereocenters. The van der Waals surface area contributed by atoms with Crippen LogP contribution in [0.1, 0.15) is 11.1 Å². The summed E-state index contributed by atoms with van der Waals surface area (Å²) >= 11 is 0. The average molecular weight is 470 g/mol. The number of sulfonamides is 1. The second kappa shape index (κ2) is 9.72. The number of nitrogens with zero attached hydrogens (tertiary/aromatic N) is 1. The summed E-state index contributed by atoms with van der Waals surface area (Å²) in [6.07, 6.45) is -2.06. The molecule has 1 amide bonds. The van der Waals surface area contributed by atoms with Crippen LogP contribution in [0.3, 0.4) is 0 Å². The fourth-order valence-electron chi connectivity index (χ4n) is 3.05. The van der Waals surface area contributed by atoms with E-state index in [0.29, 0.717) is 5.56 Å². The number of amides is 1. The van der Waals surface area contributed by atoms with Crippen molar-refractivity contribution in [2.75, 3.05) is 38.7 Å². The predicted octanol–water partition coefficient (Wildman–Crippen LogP) is 3.39. The van der Waals surface area contributed by atoms with Crippen LogP contribution in [0.4, 0.5) is 18.9 Å². The summed E-state index contributed by atoms with van der Waals surface area (Å²) in [5.74, 6) is -0.514. The van der Waals surface area contributed by atoms with Gasteiger partial charge < -0.3 is 14.8 Å². The minimum Gasteiger partial charge on any atom is -0.495 e. The molecule has 0 bridgehead atoms. The van der Waals surface area contributed by atoms with E-state index >= 15 is 0 Å². The van der Waals surface area contributed by atoms with Gasteiger partial charge in [-0.05, 0) is 42.0 Å². The molecule has 3 rings (SSSR count). The van der Waals surface area contributed by atoms with Gasteiger partial charge >= 0.3 is 6.18 Å². The molecule has 0 aromatic heterocycles. The number of rotatable bonds is 6. The lowest BCUT2D eigenvalue weighted by atomic mass is 10.2. The van der Waals surface area contributed by atoms with Gasteiger partial charge in [0.2, 0.25) is 15.9 Å². The second-order valence-corrected chi connectivity index (χ2v) is 8.73. The van der Waals surface area contributed by atoms with Crippen molar-refractivity contribution in [1.82, 2.24) is 4.31 Å². The molecular weight excluding hydrogens is 449 g/mol. The third kappa shape index (κ3) is 5.67. The van der Waals surface area contributed by atoms with Gasteiger partial charge in [-0.25, -0.2) is 8.42 Å². The largest absolute Gasteiger partial charge is 0.495 e. The van der Waals surface area contributed by atoms with E-state index in [1.54, 1.807) is 6.07 Å². The molecule has 0 spiro atoms. The summed E-state index contributed by atoms with van der Waals surface area (Å²) in [7, 11) is -2.49. The minimum atomic E-state index is -4.53. The normalized spacial score (nSPS) is 15.6. The Balaban J connectivity index is 1.79. The summed E-state index contributed by atoms with van der Waals surface area (Å²) in [4.78, 5) is 12.1. The molecule has 0 aliphatic carbocycles. The SMILES string of the molecule is COc1ccc(C=CC(=O)Nc2cccc(C(F)(F)F)c2)cc1S(=O)(=O)N1CCOCC1. The Labute approximate surface area is 183 Å². The molecule has 7 nitrogen and oxygen atoms in total. The Morgan fingerprint density at radius 1 is 1.16 bits per heavy atom. The average Bonchev–Trinajstić information content (AvgIpc) is 2.77. The third-order valence-corrected chi connectivity index (χ3v) is 6.58. The van der Waals surface area contributed by atoms with Gasteiger partial charge in [0.25, 0.3) is 0 Å². The Bertz CT molecular complexity index is 1110. The van der Waals surface area contributed by atoms with Crippen LogP contribution in [0.2, 0.25) is 0 Å². The lowest BCUT2D eigenvalue weighted by Gasteiger charge is -2.26. The lowest BCUT2D eigenvalue weighted by molar-refractivity contribution is -0.137. The number of carbonyl (C=O) groups is 1. The van der Waals surface area contributed by atoms with E-state index in [-0.39, 0.29) is 42.6 Å². The van der Waals surface area contributed by atoms with Crippen LogP contribution in [0.25, 0.3) is 6.08 Å². The smallest absolute Gasteiger partial charge is 0.416 e. The molecule has 2 aromatic carbocycles. The van der Waals surface area contributed by atoms with Crippen molar-refractivity contribution in [2.45, 2.75) is 11.1 Å². The van der Waals surface area contributed by atoms with Crippen LogP contribution in [0.15, 0.2) is 53.4 Å². The van der Waals surface area contributed by atoms with Crippen molar-refractivity contribution in [3.05, 3.63) is 59.7 Å². The van der Waals surface area contributed by atoms with E-state index in [4.69, 9.17) is 9.47 Å². The Kier molecular flexibility index (Phi) is 7.22. The molecule has 0 unspecified atom stereocenters. The maximum Gasteiger partial charge on any atom is 0.416 e. The Morgan fingerprint density at radius 3 is 2.53 bits per heavy atom. The molecule has 2 aromatic rings. The molecule has 32 heavy (non-hydrogen) atoms. The molecule has 1 heterocycles. The van der Waals surface area contributed by atoms with Crippen molar-refractivity contribution < 1.29 is 35.9 Å². The fourth-order valence-corrected chi connectivity index (χ4v) is 4.65. The highest BCUT2D eigenvalue weighted by Gasteiger charge is 2.31. The molecule has 1 aliphatic heterocycles. The monoisotopic (exact) mass is 470 g/mol. The summed E-state index contributed by atoms with van der Waals surface area (Å²) in [6, 6.07) is 8.65. The number of morpholine rings is 1. The zero-order valence-corrected chi connectivity index (χ0v) is 17.9. The number of hydrogen-bond donors (Lipinski definition) is 1. The molecule has 0 saturated carbocycles. The highest BCUT2D eigenvalue weighted by molar-refractivity contribution is 7.89. The number of carbonyl (C=O) groups excluding carboxylic acids is 1. The second-order valence-electron chi connectivity index (χ2n) is 6.83. The fraction of sp³-hybridized carbons (Fsp3) is 0.286. The number of hydrogen-bond acceptors (Lipinski definition) is 5. The van der Waals surface area contributed by atoms with Gasteiger partial charge in [-0.1, -0.05) is 12.1 Å². The molecule has 172 valence electrons. The maximum atomic E-state index is 13.0.